The summed E-state index contributed by atoms with van der Waals surface area (Å²) in [6.07, 6.45) is 1.39. The highest BCUT2D eigenvalue weighted by Gasteiger charge is 2.50. The summed E-state index contributed by atoms with van der Waals surface area (Å²) in [5, 5.41) is 17.7. The first-order valence-electron chi connectivity index (χ1n) is 7.26. The van der Waals surface area contributed by atoms with Gasteiger partial charge in [-0.1, -0.05) is 23.4 Å². The molecule has 1 aliphatic rings. The lowest BCUT2D eigenvalue weighted by Crippen LogP contribution is -2.55. The Morgan fingerprint density at radius 2 is 2.29 bits per heavy atom. The van der Waals surface area contributed by atoms with E-state index in [1.165, 1.54) is 6.20 Å². The molecule has 0 fully saturated rings. The second-order valence-electron chi connectivity index (χ2n) is 5.24. The van der Waals surface area contributed by atoms with Gasteiger partial charge in [-0.15, -0.1) is 0 Å². The quantitative estimate of drug-likeness (QED) is 0.706. The van der Waals surface area contributed by atoms with Crippen molar-refractivity contribution in [2.24, 2.45) is 0 Å². The molecule has 0 spiro atoms. The van der Waals surface area contributed by atoms with Crippen molar-refractivity contribution >= 4 is 5.97 Å². The summed E-state index contributed by atoms with van der Waals surface area (Å²) in [6.45, 7) is 3.55. The van der Waals surface area contributed by atoms with Gasteiger partial charge >= 0.3 is 11.7 Å². The second-order valence-corrected chi connectivity index (χ2v) is 5.24. The number of hydrogen-bond donors (Lipinski definition) is 3. The van der Waals surface area contributed by atoms with E-state index in [2.05, 4.69) is 20.0 Å². The van der Waals surface area contributed by atoms with Crippen LogP contribution in [0.5, 0.6) is 0 Å². The van der Waals surface area contributed by atoms with Crippen LogP contribution in [0.15, 0.2) is 45.5 Å². The van der Waals surface area contributed by atoms with Crippen molar-refractivity contribution in [3.8, 4) is 11.4 Å². The minimum atomic E-state index is -1.61. The molecule has 0 saturated heterocycles. The van der Waals surface area contributed by atoms with Crippen molar-refractivity contribution in [3.05, 3.63) is 52.3 Å². The van der Waals surface area contributed by atoms with E-state index in [1.807, 2.05) is 0 Å². The van der Waals surface area contributed by atoms with Gasteiger partial charge in [0.1, 0.15) is 0 Å². The van der Waals surface area contributed by atoms with Crippen molar-refractivity contribution in [1.29, 1.82) is 0 Å². The molecule has 126 valence electrons. The zero-order chi connectivity index (χ0) is 17.3. The van der Waals surface area contributed by atoms with Gasteiger partial charge in [-0.3, -0.25) is 14.7 Å². The third-order valence-electron chi connectivity index (χ3n) is 3.60. The highest BCUT2D eigenvalue weighted by Crippen LogP contribution is 2.34. The van der Waals surface area contributed by atoms with Crippen LogP contribution in [-0.2, 0) is 15.2 Å². The molecule has 1 aliphatic heterocycles. The highest BCUT2D eigenvalue weighted by atomic mass is 16.6. The Hall–Kier alpha value is -3.07. The Balaban J connectivity index is 2.09. The SMILES string of the molecule is CCOC(=O)C1(c2cccc(-c3noc(=O)[nH]3)c2)NC(C)=CN1O. The maximum atomic E-state index is 12.6. The summed E-state index contributed by atoms with van der Waals surface area (Å²) >= 11 is 0. The van der Waals surface area contributed by atoms with Crippen LogP contribution in [0.1, 0.15) is 19.4 Å². The van der Waals surface area contributed by atoms with Gasteiger partial charge < -0.3 is 10.1 Å². The van der Waals surface area contributed by atoms with Gasteiger partial charge in [0, 0.05) is 23.0 Å². The molecule has 2 heterocycles. The molecule has 2 aromatic rings. The first-order valence-corrected chi connectivity index (χ1v) is 7.26. The molecule has 9 nitrogen and oxygen atoms in total. The van der Waals surface area contributed by atoms with Crippen molar-refractivity contribution in [1.82, 2.24) is 20.5 Å². The summed E-state index contributed by atoms with van der Waals surface area (Å²) < 4.78 is 9.62. The zero-order valence-corrected chi connectivity index (χ0v) is 13.1. The van der Waals surface area contributed by atoms with Gasteiger partial charge in [0.15, 0.2) is 5.82 Å². The number of hydrogen-bond acceptors (Lipinski definition) is 8. The number of carbonyl (C=O) groups is 1. The molecular formula is C15H16N4O5. The number of esters is 1. The Morgan fingerprint density at radius 1 is 1.50 bits per heavy atom. The highest BCUT2D eigenvalue weighted by molar-refractivity contribution is 5.83. The topological polar surface area (TPSA) is 121 Å². The summed E-state index contributed by atoms with van der Waals surface area (Å²) in [5.41, 5.74) is -0.0920. The number of nitrogens with zero attached hydrogens (tertiary/aromatic N) is 2. The summed E-state index contributed by atoms with van der Waals surface area (Å²) in [4.78, 5) is 26.1. The van der Waals surface area contributed by atoms with Gasteiger partial charge in [-0.05, 0) is 19.9 Å². The fraction of sp³-hybridized carbons (Fsp3) is 0.267. The smallest absolute Gasteiger partial charge is 0.439 e. The number of aromatic amines is 1. The average Bonchev–Trinajstić information content (AvgIpc) is 3.11. The van der Waals surface area contributed by atoms with Crippen molar-refractivity contribution in [2.75, 3.05) is 6.61 Å². The van der Waals surface area contributed by atoms with Gasteiger partial charge in [0.25, 0.3) is 5.66 Å². The van der Waals surface area contributed by atoms with Gasteiger partial charge in [0.05, 0.1) is 6.61 Å². The van der Waals surface area contributed by atoms with Gasteiger partial charge in [0.2, 0.25) is 0 Å². The summed E-state index contributed by atoms with van der Waals surface area (Å²) in [7, 11) is 0. The van der Waals surface area contributed by atoms with Crippen molar-refractivity contribution in [2.45, 2.75) is 19.5 Å². The molecule has 3 N–H and O–H groups in total. The zero-order valence-electron chi connectivity index (χ0n) is 13.1. The minimum Gasteiger partial charge on any atom is -0.463 e. The third kappa shape index (κ3) is 2.44. The molecule has 1 atom stereocenters. The number of allylic oxidation sites excluding steroid dienone is 1. The van der Waals surface area contributed by atoms with Gasteiger partial charge in [-0.2, -0.15) is 0 Å². The molecule has 0 saturated carbocycles. The maximum absolute atomic E-state index is 12.6. The number of H-pyrrole nitrogens is 1. The van der Waals surface area contributed by atoms with Crippen LogP contribution in [0.2, 0.25) is 0 Å². The monoisotopic (exact) mass is 332 g/mol. The number of aromatic nitrogens is 2. The van der Waals surface area contributed by atoms with E-state index in [0.717, 1.165) is 5.06 Å². The van der Waals surface area contributed by atoms with E-state index in [-0.39, 0.29) is 12.4 Å². The molecule has 3 rings (SSSR count). The number of hydroxylamine groups is 2. The van der Waals surface area contributed by atoms with E-state index in [0.29, 0.717) is 16.8 Å². The molecular weight excluding hydrogens is 316 g/mol. The number of benzene rings is 1. The average molecular weight is 332 g/mol. The van der Waals surface area contributed by atoms with Crippen LogP contribution < -0.4 is 11.1 Å². The van der Waals surface area contributed by atoms with Gasteiger partial charge in [-0.25, -0.2) is 14.7 Å². The fourth-order valence-electron chi connectivity index (χ4n) is 2.60. The molecule has 0 amide bonds. The maximum Gasteiger partial charge on any atom is 0.439 e. The molecule has 9 heteroatoms. The Bertz CT molecular complexity index is 855. The molecule has 1 unspecified atom stereocenters. The van der Waals surface area contributed by atoms with Crippen molar-refractivity contribution in [3.63, 3.8) is 0 Å². The van der Waals surface area contributed by atoms with Crippen LogP contribution in [0.4, 0.5) is 0 Å². The first-order chi connectivity index (χ1) is 11.5. The second kappa shape index (κ2) is 5.85. The van der Waals surface area contributed by atoms with E-state index in [1.54, 1.807) is 38.1 Å². The van der Waals surface area contributed by atoms with Crippen LogP contribution in [0.25, 0.3) is 11.4 Å². The normalized spacial score (nSPS) is 19.8. The van der Waals surface area contributed by atoms with Crippen LogP contribution in [-0.4, -0.2) is 33.0 Å². The largest absolute Gasteiger partial charge is 0.463 e. The number of ether oxygens (including phenoxy) is 1. The summed E-state index contributed by atoms with van der Waals surface area (Å²) in [5.74, 6) is -1.13. The Morgan fingerprint density at radius 3 is 2.88 bits per heavy atom. The summed E-state index contributed by atoms with van der Waals surface area (Å²) in [6, 6.07) is 6.61. The Labute approximate surface area is 136 Å². The predicted molar refractivity (Wildman–Crippen MR) is 81.4 cm³/mol. The van der Waals surface area contributed by atoms with Crippen LogP contribution >= 0.6 is 0 Å². The lowest BCUT2D eigenvalue weighted by atomic mass is 9.97. The molecule has 0 bridgehead atoms. The molecule has 1 aromatic heterocycles. The Kier molecular flexibility index (Phi) is 3.86. The van der Waals surface area contributed by atoms with Crippen molar-refractivity contribution < 1.29 is 19.3 Å². The lowest BCUT2D eigenvalue weighted by Gasteiger charge is -2.33. The fourth-order valence-corrected chi connectivity index (χ4v) is 2.60. The molecule has 24 heavy (non-hydrogen) atoms. The molecule has 0 radical (unpaired) electrons. The van der Waals surface area contributed by atoms with E-state index < -0.39 is 17.4 Å². The molecule has 1 aromatic carbocycles. The lowest BCUT2D eigenvalue weighted by molar-refractivity contribution is -0.186. The third-order valence-corrected chi connectivity index (χ3v) is 3.60. The number of carbonyl (C=O) groups excluding carboxylic acids is 1. The molecule has 0 aliphatic carbocycles. The first kappa shape index (κ1) is 15.8. The van der Waals surface area contributed by atoms with E-state index >= 15 is 0 Å². The van der Waals surface area contributed by atoms with E-state index in [9.17, 15) is 14.8 Å². The minimum absolute atomic E-state index is 0.158. The number of rotatable bonds is 4. The van der Waals surface area contributed by atoms with Crippen LogP contribution in [0.3, 0.4) is 0 Å². The number of nitrogens with one attached hydrogen (secondary N) is 2. The predicted octanol–water partition coefficient (Wildman–Crippen LogP) is 0.902. The standard InChI is InChI=1S/C15H16N4O5/c1-3-23-13(20)15(17-9(2)8-19(15)22)11-6-4-5-10(7-11)12-16-14(21)24-18-12/h4-8,17,22H,3H2,1-2H3,(H,16,18,21). The van der Waals surface area contributed by atoms with E-state index in [4.69, 9.17) is 4.74 Å². The van der Waals surface area contributed by atoms with Crippen LogP contribution in [0, 0.1) is 0 Å².